The van der Waals surface area contributed by atoms with Gasteiger partial charge < -0.3 is 0 Å². The molecule has 4 rings (SSSR count). The monoisotopic (exact) mass is 244 g/mol. The topological polar surface area (TPSA) is 17.1 Å². The summed E-state index contributed by atoms with van der Waals surface area (Å²) in [5.74, 6) is 1.20. The van der Waals surface area contributed by atoms with E-state index in [1.807, 2.05) is 18.2 Å². The number of ketones is 1. The number of carbonyl (C=O) groups is 1. The Morgan fingerprint density at radius 2 is 1.94 bits per heavy atom. The molecule has 2 atom stereocenters. The summed E-state index contributed by atoms with van der Waals surface area (Å²) in [7, 11) is 0. The van der Waals surface area contributed by atoms with E-state index in [4.69, 9.17) is 0 Å². The Balaban J connectivity index is 1.85. The first-order chi connectivity index (χ1) is 8.09. The van der Waals surface area contributed by atoms with Gasteiger partial charge in [0, 0.05) is 10.8 Å². The van der Waals surface area contributed by atoms with Gasteiger partial charge in [-0.1, -0.05) is 49.9 Å². The molecule has 88 valence electrons. The molecule has 2 heteroatoms. The number of Topliss-reactive ketones (excluding diaryl/α,β-unsaturated/α-hetero) is 1. The van der Waals surface area contributed by atoms with Gasteiger partial charge in [0.1, 0.15) is 0 Å². The van der Waals surface area contributed by atoms with Gasteiger partial charge in [-0.3, -0.25) is 4.79 Å². The van der Waals surface area contributed by atoms with Gasteiger partial charge in [0.2, 0.25) is 0 Å². The molecule has 0 radical (unpaired) electrons. The summed E-state index contributed by atoms with van der Waals surface area (Å²) in [4.78, 5) is 14.4. The lowest BCUT2D eigenvalue weighted by Crippen LogP contribution is -2.51. The summed E-state index contributed by atoms with van der Waals surface area (Å²) in [6.07, 6.45) is 3.25. The van der Waals surface area contributed by atoms with Crippen LogP contribution in [-0.2, 0) is 4.79 Å². The van der Waals surface area contributed by atoms with Crippen molar-refractivity contribution in [2.75, 3.05) is 0 Å². The molecular weight excluding hydrogens is 228 g/mol. The van der Waals surface area contributed by atoms with Crippen molar-refractivity contribution in [3.05, 3.63) is 41.3 Å². The lowest BCUT2D eigenvalue weighted by Gasteiger charge is -2.53. The second-order valence-corrected chi connectivity index (χ2v) is 6.64. The van der Waals surface area contributed by atoms with Gasteiger partial charge >= 0.3 is 0 Å². The fraction of sp³-hybridized carbons (Fsp3) is 0.400. The first-order valence-corrected chi connectivity index (χ1v) is 6.89. The number of carbonyl (C=O) groups excluding carboxylic acids is 1. The highest BCUT2D eigenvalue weighted by Crippen LogP contribution is 2.58. The van der Waals surface area contributed by atoms with Crippen molar-refractivity contribution in [2.24, 2.45) is 17.3 Å². The van der Waals surface area contributed by atoms with Crippen LogP contribution >= 0.6 is 11.8 Å². The minimum Gasteiger partial charge on any atom is -0.293 e. The molecule has 0 spiro atoms. The van der Waals surface area contributed by atoms with Gasteiger partial charge in [-0.05, 0) is 29.9 Å². The Labute approximate surface area is 106 Å². The van der Waals surface area contributed by atoms with E-state index >= 15 is 0 Å². The molecule has 17 heavy (non-hydrogen) atoms. The Kier molecular flexibility index (Phi) is 2.44. The number of benzene rings is 1. The van der Waals surface area contributed by atoms with E-state index in [-0.39, 0.29) is 11.3 Å². The van der Waals surface area contributed by atoms with Gasteiger partial charge in [0.25, 0.3) is 0 Å². The maximum absolute atomic E-state index is 12.3. The molecule has 0 saturated heterocycles. The predicted molar refractivity (Wildman–Crippen MR) is 70.8 cm³/mol. The highest BCUT2D eigenvalue weighted by atomic mass is 32.2. The Hall–Kier alpha value is -1.02. The zero-order chi connectivity index (χ0) is 12.0. The van der Waals surface area contributed by atoms with E-state index in [0.717, 1.165) is 16.2 Å². The third-order valence-corrected chi connectivity index (χ3v) is 5.29. The van der Waals surface area contributed by atoms with Crippen LogP contribution in [0.15, 0.2) is 46.2 Å². The average Bonchev–Trinajstić information content (AvgIpc) is 2.32. The fourth-order valence-corrected chi connectivity index (χ4v) is 3.85. The standard InChI is InChI=1S/C15H16OS/c1-15(2)10-8-12(15)14(16)13(9-10)17-11-6-4-3-5-7-11/h3-7,9-10,12H,8H2,1-2H3. The van der Waals surface area contributed by atoms with Crippen LogP contribution in [0.5, 0.6) is 0 Å². The van der Waals surface area contributed by atoms with Crippen LogP contribution in [0.25, 0.3) is 0 Å². The minimum absolute atomic E-state index is 0.192. The minimum atomic E-state index is 0.192. The molecule has 0 amide bonds. The maximum atomic E-state index is 12.3. The molecule has 0 aromatic heterocycles. The normalized spacial score (nSPS) is 29.5. The van der Waals surface area contributed by atoms with Crippen molar-refractivity contribution in [1.82, 2.24) is 0 Å². The lowest BCUT2D eigenvalue weighted by atomic mass is 9.51. The first-order valence-electron chi connectivity index (χ1n) is 6.08. The van der Waals surface area contributed by atoms with Gasteiger partial charge in [-0.15, -0.1) is 0 Å². The molecule has 2 bridgehead atoms. The summed E-state index contributed by atoms with van der Waals surface area (Å²) < 4.78 is 0. The van der Waals surface area contributed by atoms with Crippen LogP contribution in [0, 0.1) is 17.3 Å². The van der Waals surface area contributed by atoms with Crippen LogP contribution in [-0.4, -0.2) is 5.78 Å². The quantitative estimate of drug-likeness (QED) is 0.784. The third kappa shape index (κ3) is 1.66. The SMILES string of the molecule is CC1(C)C2C=C(Sc3ccccc3)C(=O)C1C2. The third-order valence-electron chi connectivity index (χ3n) is 4.23. The molecular formula is C15H16OS. The average molecular weight is 244 g/mol. The van der Waals surface area contributed by atoms with E-state index < -0.39 is 0 Å². The van der Waals surface area contributed by atoms with Crippen LogP contribution in [0.3, 0.4) is 0 Å². The Morgan fingerprint density at radius 1 is 1.24 bits per heavy atom. The molecule has 2 unspecified atom stereocenters. The van der Waals surface area contributed by atoms with E-state index in [0.29, 0.717) is 11.7 Å². The van der Waals surface area contributed by atoms with Gasteiger partial charge in [-0.25, -0.2) is 0 Å². The Morgan fingerprint density at radius 3 is 2.53 bits per heavy atom. The number of hydrogen-bond acceptors (Lipinski definition) is 2. The summed E-state index contributed by atoms with van der Waals surface area (Å²) in [5, 5.41) is 0. The van der Waals surface area contributed by atoms with Crippen molar-refractivity contribution in [3.63, 3.8) is 0 Å². The molecule has 0 aliphatic heterocycles. The smallest absolute Gasteiger partial charge is 0.172 e. The van der Waals surface area contributed by atoms with Crippen molar-refractivity contribution >= 4 is 17.5 Å². The van der Waals surface area contributed by atoms with Gasteiger partial charge in [-0.2, -0.15) is 0 Å². The summed E-state index contributed by atoms with van der Waals surface area (Å²) >= 11 is 1.62. The predicted octanol–water partition coefficient (Wildman–Crippen LogP) is 3.91. The maximum Gasteiger partial charge on any atom is 0.172 e. The summed E-state index contributed by atoms with van der Waals surface area (Å²) in [5.41, 5.74) is 0.192. The van der Waals surface area contributed by atoms with Gasteiger partial charge in [0.05, 0.1) is 4.91 Å². The molecule has 3 aliphatic rings. The molecule has 1 aromatic rings. The number of fused-ring (bicyclic) bond motifs is 1. The zero-order valence-electron chi connectivity index (χ0n) is 10.1. The largest absolute Gasteiger partial charge is 0.293 e. The number of rotatable bonds is 2. The van der Waals surface area contributed by atoms with Crippen molar-refractivity contribution < 1.29 is 4.79 Å². The van der Waals surface area contributed by atoms with Crippen molar-refractivity contribution in [1.29, 1.82) is 0 Å². The molecule has 1 saturated carbocycles. The van der Waals surface area contributed by atoms with Crippen LogP contribution in [0.4, 0.5) is 0 Å². The molecule has 3 aliphatic carbocycles. The molecule has 1 nitrogen and oxygen atoms in total. The second kappa shape index (κ2) is 3.74. The van der Waals surface area contributed by atoms with E-state index in [2.05, 4.69) is 32.1 Å². The van der Waals surface area contributed by atoms with Crippen LogP contribution < -0.4 is 0 Å². The highest BCUT2D eigenvalue weighted by molar-refractivity contribution is 8.04. The van der Waals surface area contributed by atoms with E-state index in [1.54, 1.807) is 11.8 Å². The highest BCUT2D eigenvalue weighted by Gasteiger charge is 2.54. The van der Waals surface area contributed by atoms with E-state index in [9.17, 15) is 4.79 Å². The van der Waals surface area contributed by atoms with Crippen molar-refractivity contribution in [3.8, 4) is 0 Å². The number of allylic oxidation sites excluding steroid dienone is 2. The second-order valence-electron chi connectivity index (χ2n) is 5.53. The number of hydrogen-bond donors (Lipinski definition) is 0. The lowest BCUT2D eigenvalue weighted by molar-refractivity contribution is -0.133. The first kappa shape index (κ1) is 11.1. The molecule has 0 N–H and O–H groups in total. The number of thioether (sulfide) groups is 1. The zero-order valence-corrected chi connectivity index (χ0v) is 11.0. The van der Waals surface area contributed by atoms with Crippen LogP contribution in [0.1, 0.15) is 20.3 Å². The molecule has 0 heterocycles. The Bertz CT molecular complexity index is 487. The fourth-order valence-electron chi connectivity index (χ4n) is 2.82. The van der Waals surface area contributed by atoms with E-state index in [1.165, 1.54) is 0 Å². The van der Waals surface area contributed by atoms with Gasteiger partial charge in [0.15, 0.2) is 5.78 Å². The summed E-state index contributed by atoms with van der Waals surface area (Å²) in [6.45, 7) is 4.42. The summed E-state index contributed by atoms with van der Waals surface area (Å²) in [6, 6.07) is 10.2. The van der Waals surface area contributed by atoms with Crippen LogP contribution in [0.2, 0.25) is 0 Å². The van der Waals surface area contributed by atoms with Crippen molar-refractivity contribution in [2.45, 2.75) is 25.2 Å². The molecule has 1 aromatic carbocycles. The molecule has 1 fully saturated rings.